The van der Waals surface area contributed by atoms with Crippen LogP contribution in [0.4, 0.5) is 4.39 Å². The van der Waals surface area contributed by atoms with Crippen molar-refractivity contribution in [3.05, 3.63) is 29.6 Å². The van der Waals surface area contributed by atoms with Crippen molar-refractivity contribution in [3.63, 3.8) is 0 Å². The van der Waals surface area contributed by atoms with Gasteiger partial charge in [-0.25, -0.2) is 4.39 Å². The van der Waals surface area contributed by atoms with Gasteiger partial charge in [-0.1, -0.05) is 6.07 Å². The molecule has 0 amide bonds. The largest absolute Gasteiger partial charge is 0.505 e. The summed E-state index contributed by atoms with van der Waals surface area (Å²) in [6, 6.07) is 4.83. The standard InChI is InChI=1S/C15H22FN3OS/c1-17-15(19-11-4-5-12(8-11)21-2)18-9-10-3-6-14(20)13(16)7-10/h3,6-7,11-12,20H,4-5,8-9H2,1-2H3,(H2,17,18,19). The lowest BCUT2D eigenvalue weighted by atomic mass is 10.2. The molecule has 4 nitrogen and oxygen atoms in total. The molecule has 0 radical (unpaired) electrons. The Labute approximate surface area is 129 Å². The molecule has 0 bridgehead atoms. The Morgan fingerprint density at radius 3 is 2.90 bits per heavy atom. The Morgan fingerprint density at radius 1 is 1.48 bits per heavy atom. The van der Waals surface area contributed by atoms with Crippen LogP contribution in [0.15, 0.2) is 23.2 Å². The summed E-state index contributed by atoms with van der Waals surface area (Å²) in [5.41, 5.74) is 0.765. The number of rotatable bonds is 4. The fourth-order valence-electron chi connectivity index (χ4n) is 2.52. The van der Waals surface area contributed by atoms with Gasteiger partial charge in [-0.15, -0.1) is 0 Å². The minimum absolute atomic E-state index is 0.324. The number of thioether (sulfide) groups is 1. The van der Waals surface area contributed by atoms with Gasteiger partial charge in [-0.05, 0) is 43.2 Å². The normalized spacial score (nSPS) is 22.3. The quantitative estimate of drug-likeness (QED) is 0.591. The second-order valence-electron chi connectivity index (χ2n) is 5.22. The van der Waals surface area contributed by atoms with E-state index in [0.717, 1.165) is 29.6 Å². The first-order chi connectivity index (χ1) is 10.1. The van der Waals surface area contributed by atoms with E-state index in [4.69, 9.17) is 0 Å². The third-order valence-electron chi connectivity index (χ3n) is 3.75. The summed E-state index contributed by atoms with van der Waals surface area (Å²) in [6.45, 7) is 0.468. The zero-order valence-electron chi connectivity index (χ0n) is 12.4. The number of guanidine groups is 1. The zero-order chi connectivity index (χ0) is 15.2. The van der Waals surface area contributed by atoms with Crippen molar-refractivity contribution in [1.82, 2.24) is 10.6 Å². The fourth-order valence-corrected chi connectivity index (χ4v) is 3.32. The predicted octanol–water partition coefficient (Wildman–Crippen LogP) is 2.48. The van der Waals surface area contributed by atoms with Gasteiger partial charge in [0.15, 0.2) is 17.5 Å². The van der Waals surface area contributed by atoms with Crippen molar-refractivity contribution in [1.29, 1.82) is 0 Å². The number of phenolic OH excluding ortho intramolecular Hbond substituents is 1. The average Bonchev–Trinajstić information content (AvgIpc) is 2.94. The van der Waals surface area contributed by atoms with Crippen LogP contribution in [-0.2, 0) is 6.54 Å². The van der Waals surface area contributed by atoms with E-state index in [1.54, 1.807) is 13.1 Å². The van der Waals surface area contributed by atoms with E-state index in [0.29, 0.717) is 12.6 Å². The number of aromatic hydroxyl groups is 1. The molecular weight excluding hydrogens is 289 g/mol. The number of phenols is 1. The molecule has 1 fully saturated rings. The number of halogens is 1. The summed E-state index contributed by atoms with van der Waals surface area (Å²) in [5, 5.41) is 16.5. The summed E-state index contributed by atoms with van der Waals surface area (Å²) in [6.07, 6.45) is 5.69. The summed E-state index contributed by atoms with van der Waals surface area (Å²) in [5.74, 6) is -0.193. The molecule has 1 aromatic carbocycles. The number of nitrogens with zero attached hydrogens (tertiary/aromatic N) is 1. The van der Waals surface area contributed by atoms with E-state index in [2.05, 4.69) is 21.9 Å². The Bertz CT molecular complexity index is 510. The van der Waals surface area contributed by atoms with Gasteiger partial charge in [0.1, 0.15) is 0 Å². The Kier molecular flexibility index (Phi) is 5.73. The molecule has 2 rings (SSSR count). The summed E-state index contributed by atoms with van der Waals surface area (Å²) in [4.78, 5) is 4.20. The summed E-state index contributed by atoms with van der Waals surface area (Å²) in [7, 11) is 1.73. The molecule has 1 aliphatic carbocycles. The summed E-state index contributed by atoms with van der Waals surface area (Å²) >= 11 is 1.92. The number of hydrogen-bond donors (Lipinski definition) is 3. The number of aliphatic imine (C=N–C) groups is 1. The van der Waals surface area contributed by atoms with Gasteiger partial charge < -0.3 is 15.7 Å². The van der Waals surface area contributed by atoms with Gasteiger partial charge in [0.2, 0.25) is 0 Å². The lowest BCUT2D eigenvalue weighted by Crippen LogP contribution is -2.42. The lowest BCUT2D eigenvalue weighted by molar-refractivity contribution is 0.431. The molecule has 3 N–H and O–H groups in total. The predicted molar refractivity (Wildman–Crippen MR) is 86.3 cm³/mol. The van der Waals surface area contributed by atoms with Crippen molar-refractivity contribution in [3.8, 4) is 5.75 Å². The minimum atomic E-state index is -0.601. The van der Waals surface area contributed by atoms with Crippen molar-refractivity contribution in [2.45, 2.75) is 37.1 Å². The van der Waals surface area contributed by atoms with Gasteiger partial charge in [0, 0.05) is 24.9 Å². The van der Waals surface area contributed by atoms with E-state index in [9.17, 15) is 9.50 Å². The summed E-state index contributed by atoms with van der Waals surface area (Å²) < 4.78 is 13.3. The van der Waals surface area contributed by atoms with Gasteiger partial charge in [0.25, 0.3) is 0 Å². The van der Waals surface area contributed by atoms with Crippen LogP contribution < -0.4 is 10.6 Å². The van der Waals surface area contributed by atoms with Crippen molar-refractivity contribution < 1.29 is 9.50 Å². The molecule has 116 valence electrons. The number of hydrogen-bond acceptors (Lipinski definition) is 3. The molecule has 0 saturated heterocycles. The van der Waals surface area contributed by atoms with E-state index in [1.165, 1.54) is 18.6 Å². The average molecular weight is 311 g/mol. The van der Waals surface area contributed by atoms with Crippen molar-refractivity contribution in [2.75, 3.05) is 13.3 Å². The molecule has 2 atom stereocenters. The molecule has 0 aromatic heterocycles. The first kappa shape index (κ1) is 15.9. The molecule has 1 saturated carbocycles. The van der Waals surface area contributed by atoms with Crippen LogP contribution in [-0.4, -0.2) is 35.7 Å². The highest BCUT2D eigenvalue weighted by Gasteiger charge is 2.24. The number of nitrogens with one attached hydrogen (secondary N) is 2. The van der Waals surface area contributed by atoms with Gasteiger partial charge >= 0.3 is 0 Å². The second kappa shape index (κ2) is 7.54. The van der Waals surface area contributed by atoms with Crippen LogP contribution in [0.3, 0.4) is 0 Å². The topological polar surface area (TPSA) is 56.7 Å². The van der Waals surface area contributed by atoms with E-state index in [1.807, 2.05) is 11.8 Å². The minimum Gasteiger partial charge on any atom is -0.505 e. The second-order valence-corrected chi connectivity index (χ2v) is 6.36. The third kappa shape index (κ3) is 4.52. The first-order valence-corrected chi connectivity index (χ1v) is 8.38. The maximum absolute atomic E-state index is 13.3. The van der Waals surface area contributed by atoms with Gasteiger partial charge in [0.05, 0.1) is 0 Å². The molecule has 1 aromatic rings. The van der Waals surface area contributed by atoms with E-state index < -0.39 is 5.82 Å². The highest BCUT2D eigenvalue weighted by Crippen LogP contribution is 2.28. The molecule has 1 aliphatic rings. The number of benzene rings is 1. The molecule has 0 spiro atoms. The van der Waals surface area contributed by atoms with Gasteiger partial charge in [-0.3, -0.25) is 4.99 Å². The van der Waals surface area contributed by atoms with Crippen molar-refractivity contribution in [2.24, 2.45) is 4.99 Å². The molecule has 21 heavy (non-hydrogen) atoms. The third-order valence-corrected chi connectivity index (χ3v) is 4.85. The highest BCUT2D eigenvalue weighted by atomic mass is 32.2. The van der Waals surface area contributed by atoms with Crippen LogP contribution >= 0.6 is 11.8 Å². The molecule has 0 aliphatic heterocycles. The van der Waals surface area contributed by atoms with Gasteiger partial charge in [-0.2, -0.15) is 11.8 Å². The molecular formula is C15H22FN3OS. The Hall–Kier alpha value is -1.43. The maximum atomic E-state index is 13.3. The van der Waals surface area contributed by atoms with E-state index >= 15 is 0 Å². The fraction of sp³-hybridized carbons (Fsp3) is 0.533. The van der Waals surface area contributed by atoms with Crippen LogP contribution in [0.2, 0.25) is 0 Å². The zero-order valence-corrected chi connectivity index (χ0v) is 13.2. The highest BCUT2D eigenvalue weighted by molar-refractivity contribution is 7.99. The monoisotopic (exact) mass is 311 g/mol. The van der Waals surface area contributed by atoms with Crippen LogP contribution in [0.5, 0.6) is 5.75 Å². The first-order valence-electron chi connectivity index (χ1n) is 7.09. The van der Waals surface area contributed by atoms with Crippen LogP contribution in [0.25, 0.3) is 0 Å². The maximum Gasteiger partial charge on any atom is 0.191 e. The SMILES string of the molecule is CN=C(NCc1ccc(O)c(F)c1)NC1CCC(SC)C1. The smallest absolute Gasteiger partial charge is 0.191 e. The molecule has 0 heterocycles. The van der Waals surface area contributed by atoms with E-state index in [-0.39, 0.29) is 5.75 Å². The molecule has 2 unspecified atom stereocenters. The Morgan fingerprint density at radius 2 is 2.29 bits per heavy atom. The van der Waals surface area contributed by atoms with Crippen LogP contribution in [0, 0.1) is 5.82 Å². The van der Waals surface area contributed by atoms with Crippen LogP contribution in [0.1, 0.15) is 24.8 Å². The Balaban J connectivity index is 1.84. The molecule has 6 heteroatoms. The lowest BCUT2D eigenvalue weighted by Gasteiger charge is -2.17. The van der Waals surface area contributed by atoms with Crippen molar-refractivity contribution >= 4 is 17.7 Å².